The van der Waals surface area contributed by atoms with Gasteiger partial charge in [-0.05, 0) is 64.2 Å². The van der Waals surface area contributed by atoms with E-state index in [1.165, 1.54) is 109 Å². The summed E-state index contributed by atoms with van der Waals surface area (Å²) in [4.78, 5) is 12.9. The lowest BCUT2D eigenvalue weighted by atomic mass is 9.99. The molecule has 1 fully saturated rings. The van der Waals surface area contributed by atoms with E-state index in [-0.39, 0.29) is 19.6 Å². The van der Waals surface area contributed by atoms with Crippen LogP contribution in [0.15, 0.2) is 24.3 Å². The fourth-order valence-electron chi connectivity index (χ4n) is 7.19. The molecule has 348 valence electrons. The van der Waals surface area contributed by atoms with Gasteiger partial charge in [-0.25, -0.2) is 4.18 Å². The van der Waals surface area contributed by atoms with Crippen molar-refractivity contribution in [2.75, 3.05) is 26.4 Å². The van der Waals surface area contributed by atoms with E-state index >= 15 is 0 Å². The van der Waals surface area contributed by atoms with Crippen molar-refractivity contribution in [3.05, 3.63) is 24.3 Å². The van der Waals surface area contributed by atoms with Crippen LogP contribution in [0.4, 0.5) is 0 Å². The number of carbonyl (C=O) groups excluding carboxylic acids is 1. The molecule has 1 aliphatic heterocycles. The molecule has 0 saturated carbocycles. The summed E-state index contributed by atoms with van der Waals surface area (Å²) in [5.74, 6) is -0.408. The second kappa shape index (κ2) is 38.3. The normalized spacial score (nSPS) is 20.5. The number of aliphatic hydroxyl groups excluding tert-OH is 3. The van der Waals surface area contributed by atoms with E-state index in [2.05, 4.69) is 42.3 Å². The maximum atomic E-state index is 12.9. The number of unbranched alkanes of at least 4 members (excludes halogenated alkanes) is 24. The molecule has 1 aliphatic rings. The largest absolute Gasteiger partial charge is 0.457 e. The van der Waals surface area contributed by atoms with Crippen LogP contribution in [-0.2, 0) is 38.3 Å². The molecule has 6 unspecified atom stereocenters. The highest BCUT2D eigenvalue weighted by Gasteiger charge is 2.48. The molecule has 4 N–H and O–H groups in total. The van der Waals surface area contributed by atoms with Gasteiger partial charge in [-0.3, -0.25) is 9.35 Å². The molecule has 0 aromatic rings. The van der Waals surface area contributed by atoms with E-state index in [1.807, 2.05) is 0 Å². The van der Waals surface area contributed by atoms with Gasteiger partial charge in [0.1, 0.15) is 30.5 Å². The van der Waals surface area contributed by atoms with E-state index in [0.29, 0.717) is 13.0 Å². The zero-order valence-corrected chi connectivity index (χ0v) is 37.9. The van der Waals surface area contributed by atoms with Crippen molar-refractivity contribution in [1.29, 1.82) is 0 Å². The Morgan fingerprint density at radius 1 is 0.627 bits per heavy atom. The van der Waals surface area contributed by atoms with Crippen LogP contribution in [0, 0.1) is 0 Å². The Morgan fingerprint density at radius 2 is 1.07 bits per heavy atom. The molecule has 1 heterocycles. The number of hydrogen-bond donors (Lipinski definition) is 4. The van der Waals surface area contributed by atoms with Gasteiger partial charge in [0.05, 0.1) is 19.8 Å². The Bertz CT molecular complexity index is 1130. The average Bonchev–Trinajstić information content (AvgIpc) is 3.20. The number of esters is 1. The molecule has 6 atom stereocenters. The first-order valence-corrected chi connectivity index (χ1v) is 25.0. The zero-order valence-electron chi connectivity index (χ0n) is 37.1. The minimum Gasteiger partial charge on any atom is -0.457 e. The Labute approximate surface area is 359 Å². The second-order valence-electron chi connectivity index (χ2n) is 16.3. The Kier molecular flexibility index (Phi) is 36.1. The van der Waals surface area contributed by atoms with Gasteiger partial charge in [-0.2, -0.15) is 8.42 Å². The molecule has 0 radical (unpaired) electrons. The smallest absolute Gasteiger partial charge is 0.397 e. The van der Waals surface area contributed by atoms with E-state index in [9.17, 15) is 28.5 Å². The molecule has 0 spiro atoms. The van der Waals surface area contributed by atoms with E-state index in [4.69, 9.17) is 23.5 Å². The van der Waals surface area contributed by atoms with Crippen LogP contribution >= 0.6 is 0 Å². The van der Waals surface area contributed by atoms with Gasteiger partial charge in [0.2, 0.25) is 0 Å². The number of carbonyl (C=O) groups is 1. The van der Waals surface area contributed by atoms with Gasteiger partial charge >= 0.3 is 16.4 Å². The summed E-state index contributed by atoms with van der Waals surface area (Å²) in [7, 11) is -5.06. The fourth-order valence-corrected chi connectivity index (χ4v) is 7.70. The first-order valence-electron chi connectivity index (χ1n) is 23.6. The highest BCUT2D eigenvalue weighted by atomic mass is 32.3. The van der Waals surface area contributed by atoms with Gasteiger partial charge in [-0.1, -0.05) is 154 Å². The third kappa shape index (κ3) is 32.0. The number of allylic oxidation sites excluding steroid dienone is 4. The van der Waals surface area contributed by atoms with Crippen LogP contribution in [0.25, 0.3) is 0 Å². The summed E-state index contributed by atoms with van der Waals surface area (Å²) in [6, 6.07) is 0. The molecule has 0 amide bonds. The number of ether oxygens (including phenoxy) is 4. The predicted molar refractivity (Wildman–Crippen MR) is 234 cm³/mol. The fraction of sp³-hybridized carbons (Fsp3) is 0.891. The Balaban J connectivity index is 2.42. The highest BCUT2D eigenvalue weighted by molar-refractivity contribution is 7.80. The van der Waals surface area contributed by atoms with Crippen LogP contribution in [0.1, 0.15) is 200 Å². The first-order chi connectivity index (χ1) is 28.6. The Morgan fingerprint density at radius 3 is 1.53 bits per heavy atom. The predicted octanol–water partition coefficient (Wildman–Crippen LogP) is 10.0. The van der Waals surface area contributed by atoms with Crippen molar-refractivity contribution in [2.24, 2.45) is 0 Å². The Hall–Kier alpha value is -1.42. The average molecular weight is 863 g/mol. The molecule has 13 heteroatoms. The molecule has 0 aromatic heterocycles. The summed E-state index contributed by atoms with van der Waals surface area (Å²) >= 11 is 0. The summed E-state index contributed by atoms with van der Waals surface area (Å²) in [6.45, 7) is 3.97. The quantitative estimate of drug-likeness (QED) is 0.0198. The van der Waals surface area contributed by atoms with E-state index in [1.54, 1.807) is 0 Å². The maximum absolute atomic E-state index is 12.9. The summed E-state index contributed by atoms with van der Waals surface area (Å²) in [6.07, 6.45) is 33.5. The molecule has 1 saturated heterocycles. The minimum atomic E-state index is -5.06. The van der Waals surface area contributed by atoms with Crippen LogP contribution in [0.3, 0.4) is 0 Å². The van der Waals surface area contributed by atoms with Crippen molar-refractivity contribution in [3.63, 3.8) is 0 Å². The molecular formula is C46H86O12S. The molecule has 1 rings (SSSR count). The number of hydrogen-bond acceptors (Lipinski definition) is 11. The summed E-state index contributed by atoms with van der Waals surface area (Å²) in [5.41, 5.74) is 0. The molecule has 0 aliphatic carbocycles. The summed E-state index contributed by atoms with van der Waals surface area (Å²) < 4.78 is 59.1. The van der Waals surface area contributed by atoms with Gasteiger partial charge in [0.25, 0.3) is 0 Å². The molecule has 0 bridgehead atoms. The van der Waals surface area contributed by atoms with Crippen LogP contribution in [0.2, 0.25) is 0 Å². The SMILES string of the molecule is CCCCCCCC/C=C\CCCCCCCCOCC(COC1OC(CO)C(O)C(OS(=O)(=O)O)C1O)OC(=O)CCCCCCC/C=C\CCCCCCCCC. The monoisotopic (exact) mass is 863 g/mol. The first kappa shape index (κ1) is 55.6. The van der Waals surface area contributed by atoms with Crippen molar-refractivity contribution in [3.8, 4) is 0 Å². The molecule has 0 aromatic carbocycles. The second-order valence-corrected chi connectivity index (χ2v) is 17.4. The van der Waals surface area contributed by atoms with E-state index in [0.717, 1.165) is 64.2 Å². The van der Waals surface area contributed by atoms with Gasteiger partial charge in [0, 0.05) is 13.0 Å². The zero-order chi connectivity index (χ0) is 43.2. The van der Waals surface area contributed by atoms with Crippen molar-refractivity contribution in [2.45, 2.75) is 237 Å². The van der Waals surface area contributed by atoms with Crippen LogP contribution < -0.4 is 0 Å². The lowest BCUT2D eigenvalue weighted by molar-refractivity contribution is -0.301. The van der Waals surface area contributed by atoms with Gasteiger partial charge in [0.15, 0.2) is 6.29 Å². The van der Waals surface area contributed by atoms with Crippen molar-refractivity contribution < 1.29 is 56.2 Å². The molecule has 59 heavy (non-hydrogen) atoms. The van der Waals surface area contributed by atoms with Crippen molar-refractivity contribution in [1.82, 2.24) is 0 Å². The topological polar surface area (TPSA) is 178 Å². The lowest BCUT2D eigenvalue weighted by Gasteiger charge is -2.41. The minimum absolute atomic E-state index is 0.0309. The molecule has 12 nitrogen and oxygen atoms in total. The number of aliphatic hydroxyl groups is 3. The van der Waals surface area contributed by atoms with E-state index < -0.39 is 59.8 Å². The lowest BCUT2D eigenvalue weighted by Crippen LogP contribution is -2.60. The third-order valence-electron chi connectivity index (χ3n) is 10.8. The van der Waals surface area contributed by atoms with Crippen LogP contribution in [-0.4, -0.2) is 97.5 Å². The third-order valence-corrected chi connectivity index (χ3v) is 11.3. The van der Waals surface area contributed by atoms with Crippen LogP contribution in [0.5, 0.6) is 0 Å². The number of rotatable bonds is 41. The highest BCUT2D eigenvalue weighted by Crippen LogP contribution is 2.26. The van der Waals surface area contributed by atoms with Crippen molar-refractivity contribution >= 4 is 16.4 Å². The van der Waals surface area contributed by atoms with Gasteiger partial charge < -0.3 is 34.3 Å². The van der Waals surface area contributed by atoms with Gasteiger partial charge in [-0.15, -0.1) is 0 Å². The standard InChI is InChI=1S/C46H86O12S/c1-3-5-7-9-11-13-15-17-19-21-23-25-27-29-31-33-35-42(48)56-40(39-55-46-44(50)45(58-59(51,52)53)43(49)41(37-47)57-46)38-54-36-34-32-30-28-26-24-22-20-18-16-14-12-10-8-6-4-2/h18-21,40-41,43-47,49-50H,3-17,22-39H2,1-2H3,(H,51,52,53)/b20-18-,21-19-. The summed E-state index contributed by atoms with van der Waals surface area (Å²) in [5, 5.41) is 30.7. The molecular weight excluding hydrogens is 777 g/mol. The maximum Gasteiger partial charge on any atom is 0.397 e.